The zero-order valence-corrected chi connectivity index (χ0v) is 18.2. The number of nitrogens with zero attached hydrogens (tertiary/aromatic N) is 2. The number of aromatic nitrogens is 1. The summed E-state index contributed by atoms with van der Waals surface area (Å²) in [6.07, 6.45) is 1.67. The number of nitrogens with one attached hydrogen (secondary N) is 2. The number of aryl methyl sites for hydroxylation is 1. The monoisotopic (exact) mass is 436 g/mol. The highest BCUT2D eigenvalue weighted by atomic mass is 19.3. The van der Waals surface area contributed by atoms with Gasteiger partial charge in [0.15, 0.2) is 17.5 Å². The van der Waals surface area contributed by atoms with Gasteiger partial charge in [-0.2, -0.15) is 8.78 Å². The third-order valence-corrected chi connectivity index (χ3v) is 4.61. The number of alkyl halides is 2. The van der Waals surface area contributed by atoms with Crippen LogP contribution in [0.25, 0.3) is 0 Å². The van der Waals surface area contributed by atoms with Gasteiger partial charge in [0, 0.05) is 44.0 Å². The van der Waals surface area contributed by atoms with Gasteiger partial charge < -0.3 is 24.7 Å². The van der Waals surface area contributed by atoms with Crippen LogP contribution in [0.2, 0.25) is 0 Å². The maximum Gasteiger partial charge on any atom is 0.387 e. The van der Waals surface area contributed by atoms with Crippen molar-refractivity contribution in [2.24, 2.45) is 4.99 Å². The molecule has 2 aromatic rings. The lowest BCUT2D eigenvalue weighted by Gasteiger charge is -2.17. The van der Waals surface area contributed by atoms with E-state index in [2.05, 4.69) is 20.4 Å². The van der Waals surface area contributed by atoms with Crippen molar-refractivity contribution in [3.05, 3.63) is 58.0 Å². The molecule has 0 saturated carbocycles. The number of hydrogen-bond donors (Lipinski definition) is 2. The Morgan fingerprint density at radius 2 is 1.94 bits per heavy atom. The number of ether oxygens (including phenoxy) is 2. The topological polar surface area (TPSA) is 76.9 Å². The molecule has 0 amide bonds. The third-order valence-electron chi connectivity index (χ3n) is 4.61. The van der Waals surface area contributed by atoms with Gasteiger partial charge in [-0.25, -0.2) is 0 Å². The van der Waals surface area contributed by atoms with Crippen LogP contribution in [-0.2, 0) is 13.1 Å². The van der Waals surface area contributed by atoms with Gasteiger partial charge in [0.2, 0.25) is 0 Å². The van der Waals surface area contributed by atoms with E-state index < -0.39 is 6.61 Å². The van der Waals surface area contributed by atoms with Crippen molar-refractivity contribution < 1.29 is 18.3 Å². The van der Waals surface area contributed by atoms with Crippen molar-refractivity contribution in [1.29, 1.82) is 0 Å². The van der Waals surface area contributed by atoms with E-state index in [0.717, 1.165) is 18.5 Å². The third kappa shape index (κ3) is 7.58. The highest BCUT2D eigenvalue weighted by Crippen LogP contribution is 2.32. The molecule has 1 aromatic carbocycles. The van der Waals surface area contributed by atoms with Crippen LogP contribution in [0.1, 0.15) is 31.0 Å². The number of halogens is 2. The number of rotatable bonds is 11. The van der Waals surface area contributed by atoms with Crippen LogP contribution < -0.4 is 25.7 Å². The van der Waals surface area contributed by atoms with Crippen molar-refractivity contribution in [3.8, 4) is 11.5 Å². The Hall–Kier alpha value is -3.10. The van der Waals surface area contributed by atoms with Gasteiger partial charge in [0.25, 0.3) is 5.56 Å². The Morgan fingerprint density at radius 1 is 1.16 bits per heavy atom. The number of unbranched alkanes of at least 4 members (excludes halogenated alkanes) is 1. The number of guanidine groups is 1. The standard InChI is InChI=1S/C22H30F2N4O3/c1-4-30-18-11-8-10-17(20(18)31-21(23)24)15-27-22(25-3)26-13-5-6-14-28-16(2)9-7-12-19(28)29/h7-12,21H,4-6,13-15H2,1-3H3,(H2,25,26,27). The molecule has 0 saturated heterocycles. The molecular weight excluding hydrogens is 406 g/mol. The fourth-order valence-electron chi connectivity index (χ4n) is 3.10. The molecule has 170 valence electrons. The van der Waals surface area contributed by atoms with Gasteiger partial charge in [0.05, 0.1) is 6.61 Å². The predicted molar refractivity (Wildman–Crippen MR) is 117 cm³/mol. The largest absolute Gasteiger partial charge is 0.490 e. The fraction of sp³-hybridized carbons (Fsp3) is 0.455. The van der Waals surface area contributed by atoms with Crippen LogP contribution in [0.5, 0.6) is 11.5 Å². The summed E-state index contributed by atoms with van der Waals surface area (Å²) >= 11 is 0. The molecule has 0 aliphatic carbocycles. The van der Waals surface area contributed by atoms with E-state index >= 15 is 0 Å². The molecule has 2 rings (SSSR count). The molecule has 1 heterocycles. The van der Waals surface area contributed by atoms with Crippen molar-refractivity contribution in [2.75, 3.05) is 20.2 Å². The fourth-order valence-corrected chi connectivity index (χ4v) is 3.10. The SMILES string of the molecule is CCOc1cccc(CNC(=NC)NCCCCn2c(C)cccc2=O)c1OC(F)F. The lowest BCUT2D eigenvalue weighted by molar-refractivity contribution is -0.0520. The molecule has 0 spiro atoms. The molecule has 0 atom stereocenters. The molecule has 2 N–H and O–H groups in total. The van der Waals surface area contributed by atoms with Crippen LogP contribution in [-0.4, -0.2) is 37.3 Å². The molecule has 0 aliphatic rings. The van der Waals surface area contributed by atoms with E-state index in [1.54, 1.807) is 48.9 Å². The van der Waals surface area contributed by atoms with E-state index in [1.165, 1.54) is 0 Å². The second kappa shape index (κ2) is 12.6. The lowest BCUT2D eigenvalue weighted by Crippen LogP contribution is -2.37. The molecule has 0 bridgehead atoms. The Morgan fingerprint density at radius 3 is 2.61 bits per heavy atom. The van der Waals surface area contributed by atoms with Crippen LogP contribution in [0, 0.1) is 6.92 Å². The zero-order valence-electron chi connectivity index (χ0n) is 18.2. The predicted octanol–water partition coefficient (Wildman–Crippen LogP) is 3.30. The minimum atomic E-state index is -2.95. The Kier molecular flexibility index (Phi) is 9.80. The summed E-state index contributed by atoms with van der Waals surface area (Å²) in [5, 5.41) is 6.29. The molecular formula is C22H30F2N4O3. The van der Waals surface area contributed by atoms with Gasteiger partial charge in [-0.1, -0.05) is 18.2 Å². The molecule has 0 fully saturated rings. The van der Waals surface area contributed by atoms with Crippen molar-refractivity contribution in [2.45, 2.75) is 46.4 Å². The van der Waals surface area contributed by atoms with Crippen molar-refractivity contribution in [1.82, 2.24) is 15.2 Å². The minimum absolute atomic E-state index is 0.00143. The summed E-state index contributed by atoms with van der Waals surface area (Å²) in [4.78, 5) is 16.0. The van der Waals surface area contributed by atoms with E-state index in [4.69, 9.17) is 4.74 Å². The van der Waals surface area contributed by atoms with Crippen molar-refractivity contribution >= 4 is 5.96 Å². The maximum atomic E-state index is 12.8. The highest BCUT2D eigenvalue weighted by molar-refractivity contribution is 5.79. The van der Waals surface area contributed by atoms with Gasteiger partial charge in [-0.15, -0.1) is 0 Å². The Labute approximate surface area is 181 Å². The smallest absolute Gasteiger partial charge is 0.387 e. The first kappa shape index (κ1) is 24.2. The number of hydrogen-bond acceptors (Lipinski definition) is 4. The average molecular weight is 437 g/mol. The molecule has 1 aromatic heterocycles. The quantitative estimate of drug-likeness (QED) is 0.321. The highest BCUT2D eigenvalue weighted by Gasteiger charge is 2.16. The van der Waals surface area contributed by atoms with Crippen molar-refractivity contribution in [3.63, 3.8) is 0 Å². The van der Waals surface area contributed by atoms with Gasteiger partial charge in [-0.3, -0.25) is 9.79 Å². The van der Waals surface area contributed by atoms with Crippen LogP contribution in [0.15, 0.2) is 46.2 Å². The maximum absolute atomic E-state index is 12.8. The summed E-state index contributed by atoms with van der Waals surface area (Å²) < 4.78 is 37.5. The minimum Gasteiger partial charge on any atom is -0.490 e. The molecule has 9 heteroatoms. The number of benzene rings is 1. The van der Waals surface area contributed by atoms with E-state index in [1.807, 2.05) is 13.0 Å². The molecule has 0 unspecified atom stereocenters. The lowest BCUT2D eigenvalue weighted by atomic mass is 10.2. The molecule has 7 nitrogen and oxygen atoms in total. The molecule has 0 radical (unpaired) electrons. The molecule has 0 aliphatic heterocycles. The molecule has 31 heavy (non-hydrogen) atoms. The van der Waals surface area contributed by atoms with Gasteiger partial charge in [-0.05, 0) is 38.8 Å². The van der Waals surface area contributed by atoms with E-state index in [9.17, 15) is 13.6 Å². The second-order valence-corrected chi connectivity index (χ2v) is 6.77. The first-order valence-electron chi connectivity index (χ1n) is 10.3. The first-order valence-corrected chi connectivity index (χ1v) is 10.3. The van der Waals surface area contributed by atoms with Crippen LogP contribution in [0.3, 0.4) is 0 Å². The van der Waals surface area contributed by atoms with Gasteiger partial charge in [0.1, 0.15) is 0 Å². The van der Waals surface area contributed by atoms with E-state index in [0.29, 0.717) is 31.2 Å². The van der Waals surface area contributed by atoms with Crippen LogP contribution >= 0.6 is 0 Å². The second-order valence-electron chi connectivity index (χ2n) is 6.77. The normalized spacial score (nSPS) is 11.5. The summed E-state index contributed by atoms with van der Waals surface area (Å²) in [5.41, 5.74) is 1.48. The Bertz CT molecular complexity index is 916. The summed E-state index contributed by atoms with van der Waals surface area (Å²) in [5.74, 6) is 0.834. The average Bonchev–Trinajstić information content (AvgIpc) is 2.73. The van der Waals surface area contributed by atoms with E-state index in [-0.39, 0.29) is 23.6 Å². The number of pyridine rings is 1. The van der Waals surface area contributed by atoms with Crippen LogP contribution in [0.4, 0.5) is 8.78 Å². The number of para-hydroxylation sites is 1. The summed E-state index contributed by atoms with van der Waals surface area (Å²) in [7, 11) is 1.63. The summed E-state index contributed by atoms with van der Waals surface area (Å²) in [6, 6.07) is 10.2. The first-order chi connectivity index (χ1) is 15.0. The zero-order chi connectivity index (χ0) is 22.6. The summed E-state index contributed by atoms with van der Waals surface area (Å²) in [6.45, 7) is 2.63. The van der Waals surface area contributed by atoms with Gasteiger partial charge >= 0.3 is 6.61 Å². The number of aliphatic imine (C=N–C) groups is 1. The Balaban J connectivity index is 1.86.